The summed E-state index contributed by atoms with van der Waals surface area (Å²) < 4.78 is 0. The molecule has 2 amide bonds. The van der Waals surface area contributed by atoms with Gasteiger partial charge in [-0.25, -0.2) is 0 Å². The van der Waals surface area contributed by atoms with Crippen LogP contribution in [0.1, 0.15) is 27.2 Å². The summed E-state index contributed by atoms with van der Waals surface area (Å²) in [7, 11) is 0. The molecule has 0 aliphatic rings. The summed E-state index contributed by atoms with van der Waals surface area (Å²) >= 11 is 3.13. The van der Waals surface area contributed by atoms with Gasteiger partial charge in [0.25, 0.3) is 0 Å². The number of halogens is 1. The summed E-state index contributed by atoms with van der Waals surface area (Å²) in [4.78, 5) is 22.0. The van der Waals surface area contributed by atoms with Crippen LogP contribution in [0.4, 0.5) is 0 Å². The Morgan fingerprint density at radius 2 is 1.86 bits per heavy atom. The van der Waals surface area contributed by atoms with Gasteiger partial charge in [0, 0.05) is 19.0 Å². The summed E-state index contributed by atoms with van der Waals surface area (Å²) in [6.45, 7) is 5.92. The third-order valence-corrected chi connectivity index (χ3v) is 1.88. The zero-order chi connectivity index (χ0) is 11.1. The number of carbonyl (C=O) groups excluding carboxylic acids is 2. The standard InChI is InChI=1S/C9H17BrN2O2/c1-6(2)12-8(13)4-5-11-9(14)7(3)10/h6-7H,4-5H2,1-3H3,(H,11,14)(H,12,13). The highest BCUT2D eigenvalue weighted by Gasteiger charge is 2.08. The third kappa shape index (κ3) is 6.88. The van der Waals surface area contributed by atoms with E-state index in [9.17, 15) is 9.59 Å². The molecule has 0 aromatic carbocycles. The predicted molar refractivity (Wildman–Crippen MR) is 59.3 cm³/mol. The van der Waals surface area contributed by atoms with Crippen molar-refractivity contribution in [3.8, 4) is 0 Å². The Bertz CT molecular complexity index is 205. The predicted octanol–water partition coefficient (Wildman–Crippen LogP) is 0.801. The van der Waals surface area contributed by atoms with Gasteiger partial charge in [-0.3, -0.25) is 9.59 Å². The quantitative estimate of drug-likeness (QED) is 0.722. The minimum absolute atomic E-state index is 0.0393. The number of hydrogen-bond donors (Lipinski definition) is 2. The maximum atomic E-state index is 11.1. The second-order valence-corrected chi connectivity index (χ2v) is 4.75. The van der Waals surface area contributed by atoms with E-state index in [0.717, 1.165) is 0 Å². The molecule has 0 aliphatic carbocycles. The Balaban J connectivity index is 3.54. The summed E-state index contributed by atoms with van der Waals surface area (Å²) in [5, 5.41) is 5.38. The highest BCUT2D eigenvalue weighted by atomic mass is 79.9. The monoisotopic (exact) mass is 264 g/mol. The van der Waals surface area contributed by atoms with Crippen molar-refractivity contribution in [2.45, 2.75) is 38.1 Å². The zero-order valence-corrected chi connectivity index (χ0v) is 10.3. The fourth-order valence-corrected chi connectivity index (χ4v) is 0.996. The molecule has 0 aliphatic heterocycles. The molecule has 0 bridgehead atoms. The Hall–Kier alpha value is -0.580. The molecule has 2 N–H and O–H groups in total. The van der Waals surface area contributed by atoms with Crippen LogP contribution in [0.3, 0.4) is 0 Å². The van der Waals surface area contributed by atoms with E-state index in [2.05, 4.69) is 26.6 Å². The van der Waals surface area contributed by atoms with E-state index in [-0.39, 0.29) is 22.7 Å². The van der Waals surface area contributed by atoms with Crippen molar-refractivity contribution in [2.75, 3.05) is 6.54 Å². The van der Waals surface area contributed by atoms with Gasteiger partial charge in [0.2, 0.25) is 11.8 Å². The van der Waals surface area contributed by atoms with E-state index in [1.54, 1.807) is 6.92 Å². The normalized spacial score (nSPS) is 12.4. The first-order chi connectivity index (χ1) is 6.43. The Morgan fingerprint density at radius 3 is 2.29 bits per heavy atom. The number of alkyl halides is 1. The van der Waals surface area contributed by atoms with Gasteiger partial charge in [0.15, 0.2) is 0 Å². The molecule has 0 spiro atoms. The van der Waals surface area contributed by atoms with Crippen LogP contribution in [-0.2, 0) is 9.59 Å². The van der Waals surface area contributed by atoms with Crippen molar-refractivity contribution in [3.63, 3.8) is 0 Å². The molecule has 0 aromatic rings. The van der Waals surface area contributed by atoms with E-state index in [4.69, 9.17) is 0 Å². The van der Waals surface area contributed by atoms with Crippen molar-refractivity contribution in [1.29, 1.82) is 0 Å². The van der Waals surface area contributed by atoms with E-state index in [0.29, 0.717) is 13.0 Å². The number of amides is 2. The van der Waals surface area contributed by atoms with Crippen molar-refractivity contribution in [3.05, 3.63) is 0 Å². The van der Waals surface area contributed by atoms with Gasteiger partial charge in [0.1, 0.15) is 0 Å². The van der Waals surface area contributed by atoms with Gasteiger partial charge < -0.3 is 10.6 Å². The van der Waals surface area contributed by atoms with Gasteiger partial charge in [-0.1, -0.05) is 15.9 Å². The minimum Gasteiger partial charge on any atom is -0.355 e. The average Bonchev–Trinajstić information content (AvgIpc) is 2.02. The molecule has 0 saturated carbocycles. The lowest BCUT2D eigenvalue weighted by molar-refractivity contribution is -0.122. The Kier molecular flexibility index (Phi) is 6.53. The van der Waals surface area contributed by atoms with Crippen molar-refractivity contribution >= 4 is 27.7 Å². The van der Waals surface area contributed by atoms with Gasteiger partial charge in [-0.15, -0.1) is 0 Å². The lowest BCUT2D eigenvalue weighted by Gasteiger charge is -2.09. The fraction of sp³-hybridized carbons (Fsp3) is 0.778. The molecule has 0 heterocycles. The minimum atomic E-state index is -0.212. The Morgan fingerprint density at radius 1 is 1.29 bits per heavy atom. The van der Waals surface area contributed by atoms with Crippen molar-refractivity contribution in [1.82, 2.24) is 10.6 Å². The van der Waals surface area contributed by atoms with Crippen LogP contribution in [0.2, 0.25) is 0 Å². The van der Waals surface area contributed by atoms with E-state index in [1.165, 1.54) is 0 Å². The first-order valence-electron chi connectivity index (χ1n) is 4.64. The van der Waals surface area contributed by atoms with Crippen LogP contribution in [0.25, 0.3) is 0 Å². The summed E-state index contributed by atoms with van der Waals surface area (Å²) in [5.74, 6) is -0.134. The third-order valence-electron chi connectivity index (χ3n) is 1.46. The maximum Gasteiger partial charge on any atom is 0.233 e. The molecule has 1 unspecified atom stereocenters. The van der Waals surface area contributed by atoms with Crippen LogP contribution in [0.15, 0.2) is 0 Å². The number of rotatable bonds is 5. The van der Waals surface area contributed by atoms with Crippen LogP contribution >= 0.6 is 15.9 Å². The van der Waals surface area contributed by atoms with E-state index in [1.807, 2.05) is 13.8 Å². The first-order valence-corrected chi connectivity index (χ1v) is 5.56. The molecule has 14 heavy (non-hydrogen) atoms. The molecule has 0 rings (SSSR count). The molecular formula is C9H17BrN2O2. The molecule has 82 valence electrons. The average molecular weight is 265 g/mol. The largest absolute Gasteiger partial charge is 0.355 e. The van der Waals surface area contributed by atoms with Gasteiger partial charge in [-0.05, 0) is 20.8 Å². The second kappa shape index (κ2) is 6.81. The highest BCUT2D eigenvalue weighted by molar-refractivity contribution is 9.10. The van der Waals surface area contributed by atoms with Crippen LogP contribution in [0.5, 0.6) is 0 Å². The first kappa shape index (κ1) is 13.4. The summed E-state index contributed by atoms with van der Waals surface area (Å²) in [5.41, 5.74) is 0. The zero-order valence-electron chi connectivity index (χ0n) is 8.76. The number of nitrogens with one attached hydrogen (secondary N) is 2. The lowest BCUT2D eigenvalue weighted by atomic mass is 10.3. The molecule has 4 nitrogen and oxygen atoms in total. The van der Waals surface area contributed by atoms with Crippen LogP contribution < -0.4 is 10.6 Å². The molecule has 5 heteroatoms. The molecule has 1 atom stereocenters. The van der Waals surface area contributed by atoms with Crippen LogP contribution in [0, 0.1) is 0 Å². The van der Waals surface area contributed by atoms with Gasteiger partial charge >= 0.3 is 0 Å². The lowest BCUT2D eigenvalue weighted by Crippen LogP contribution is -2.35. The topological polar surface area (TPSA) is 58.2 Å². The van der Waals surface area contributed by atoms with Crippen LogP contribution in [-0.4, -0.2) is 29.2 Å². The highest BCUT2D eigenvalue weighted by Crippen LogP contribution is 1.95. The fourth-order valence-electron chi connectivity index (χ4n) is 0.834. The molecule has 0 aromatic heterocycles. The van der Waals surface area contributed by atoms with Gasteiger partial charge in [-0.2, -0.15) is 0 Å². The molecule has 0 radical (unpaired) electrons. The van der Waals surface area contributed by atoms with E-state index < -0.39 is 0 Å². The summed E-state index contributed by atoms with van der Waals surface area (Å²) in [6, 6.07) is 0.147. The maximum absolute atomic E-state index is 11.1. The van der Waals surface area contributed by atoms with Gasteiger partial charge in [0.05, 0.1) is 4.83 Å². The number of hydrogen-bond acceptors (Lipinski definition) is 2. The Labute approximate surface area is 92.9 Å². The molecule has 0 saturated heterocycles. The SMILES string of the molecule is CC(C)NC(=O)CCNC(=O)C(C)Br. The van der Waals surface area contributed by atoms with Crippen molar-refractivity contribution < 1.29 is 9.59 Å². The molecular weight excluding hydrogens is 248 g/mol. The second-order valence-electron chi connectivity index (χ2n) is 3.38. The summed E-state index contributed by atoms with van der Waals surface area (Å²) in [6.07, 6.45) is 0.323. The van der Waals surface area contributed by atoms with Crippen molar-refractivity contribution in [2.24, 2.45) is 0 Å². The molecule has 0 fully saturated rings. The number of carbonyl (C=O) groups is 2. The van der Waals surface area contributed by atoms with E-state index >= 15 is 0 Å². The smallest absolute Gasteiger partial charge is 0.233 e.